The van der Waals surface area contributed by atoms with Gasteiger partial charge in [0.1, 0.15) is 24.8 Å². The Morgan fingerprint density at radius 1 is 1.45 bits per heavy atom. The van der Waals surface area contributed by atoms with E-state index in [1.54, 1.807) is 0 Å². The van der Waals surface area contributed by atoms with Crippen molar-refractivity contribution in [1.29, 1.82) is 0 Å². The van der Waals surface area contributed by atoms with Crippen LogP contribution in [0.4, 0.5) is 10.2 Å². The third-order valence-corrected chi connectivity index (χ3v) is 4.08. The first-order chi connectivity index (χ1) is 13.9. The quantitative estimate of drug-likeness (QED) is 0.207. The monoisotopic (exact) mass is 411 g/mol. The van der Waals surface area contributed by atoms with Gasteiger partial charge in [-0.3, -0.25) is 0 Å². The summed E-state index contributed by atoms with van der Waals surface area (Å²) in [7, 11) is 2.76. The summed E-state index contributed by atoms with van der Waals surface area (Å²) in [6.45, 7) is -0.399. The Bertz CT molecular complexity index is 885. The van der Waals surface area contributed by atoms with Gasteiger partial charge in [-0.2, -0.15) is 14.4 Å². The Morgan fingerprint density at radius 3 is 2.86 bits per heavy atom. The molecule has 0 amide bonds. The fraction of sp³-hybridized carbons (Fsp3) is 0.529. The number of halogens is 1. The lowest BCUT2D eigenvalue weighted by atomic mass is 9.98. The fourth-order valence-corrected chi connectivity index (χ4v) is 2.42. The normalized spacial score (nSPS) is 14.3. The predicted octanol–water partition coefficient (Wildman–Crippen LogP) is -0.867. The van der Waals surface area contributed by atoms with Crippen molar-refractivity contribution >= 4 is 23.0 Å². The highest BCUT2D eigenvalue weighted by atomic mass is 19.1. The largest absolute Gasteiger partial charge is 0.460 e. The second-order valence-electron chi connectivity index (χ2n) is 5.91. The maximum atomic E-state index is 13.5. The molecule has 3 N–H and O–H groups in total. The van der Waals surface area contributed by atoms with Gasteiger partial charge in [0.05, 0.1) is 26.1 Å². The van der Waals surface area contributed by atoms with Crippen molar-refractivity contribution in [3.8, 4) is 12.3 Å². The van der Waals surface area contributed by atoms with E-state index in [0.717, 1.165) is 0 Å². The number of imidazole rings is 1. The maximum Gasteiger partial charge on any atom is 0.332 e. The Labute approximate surface area is 165 Å². The molecule has 0 aromatic carbocycles. The van der Waals surface area contributed by atoms with E-state index < -0.39 is 30.4 Å². The van der Waals surface area contributed by atoms with Crippen molar-refractivity contribution in [3.05, 3.63) is 12.4 Å². The Hall–Kier alpha value is -2.85. The van der Waals surface area contributed by atoms with Crippen molar-refractivity contribution in [2.45, 2.75) is 18.2 Å². The molecule has 0 spiro atoms. The van der Waals surface area contributed by atoms with Crippen molar-refractivity contribution in [3.63, 3.8) is 0 Å². The number of nitrogens with two attached hydrogens (primary N) is 1. The summed E-state index contributed by atoms with van der Waals surface area (Å²) in [5.41, 5.74) is 4.18. The van der Waals surface area contributed by atoms with Gasteiger partial charge in [0, 0.05) is 14.2 Å². The highest BCUT2D eigenvalue weighted by Crippen LogP contribution is 2.21. The number of methoxy groups -OCH3 is 2. The topological polar surface area (TPSA) is 144 Å². The zero-order valence-electron chi connectivity index (χ0n) is 16.0. The zero-order valence-corrected chi connectivity index (χ0v) is 16.0. The number of rotatable bonds is 11. The number of carbonyl (C=O) groups excluding carboxylic acids is 1. The van der Waals surface area contributed by atoms with E-state index in [4.69, 9.17) is 31.1 Å². The Balaban J connectivity index is 2.08. The van der Waals surface area contributed by atoms with Crippen LogP contribution in [0.5, 0.6) is 0 Å². The van der Waals surface area contributed by atoms with Crippen LogP contribution in [0.15, 0.2) is 6.33 Å². The van der Waals surface area contributed by atoms with Crippen molar-refractivity contribution < 1.29 is 33.2 Å². The van der Waals surface area contributed by atoms with E-state index in [1.165, 1.54) is 25.1 Å². The molecule has 0 aliphatic rings. The molecular weight excluding hydrogens is 389 g/mol. The number of aliphatic hydroxyl groups excluding tert-OH is 1. The number of fused-ring (bicyclic) bond motifs is 1. The van der Waals surface area contributed by atoms with E-state index in [9.17, 15) is 14.3 Å². The number of ether oxygens (including phenoxy) is 4. The van der Waals surface area contributed by atoms with E-state index in [2.05, 4.69) is 20.9 Å². The van der Waals surface area contributed by atoms with E-state index in [-0.39, 0.29) is 36.7 Å². The molecule has 0 saturated heterocycles. The molecule has 0 saturated carbocycles. The summed E-state index contributed by atoms with van der Waals surface area (Å²) in [6, 6.07) is 0. The zero-order chi connectivity index (χ0) is 21.4. The maximum absolute atomic E-state index is 13.5. The summed E-state index contributed by atoms with van der Waals surface area (Å²) in [4.78, 5) is 22.8. The average molecular weight is 411 g/mol. The molecule has 0 bridgehead atoms. The van der Waals surface area contributed by atoms with Crippen LogP contribution in [0.2, 0.25) is 0 Å². The first-order valence-corrected chi connectivity index (χ1v) is 8.44. The molecule has 2 aromatic rings. The number of hydrogen-bond acceptors (Lipinski definition) is 10. The standard InChI is InChI=1S/C17H22FN5O6/c1-4-17(27-3,9-29-12(25)8-28-6-5-26-2)11(24)7-23-10-20-13-14(19)21-16(18)22-15(13)23/h1,10-11,24H,5-9H2,2-3H3,(H2,19,21,22)/t11-,17?/m0/s1. The molecular formula is C17H22FN5O6. The smallest absolute Gasteiger partial charge is 0.332 e. The van der Waals surface area contributed by atoms with Gasteiger partial charge < -0.3 is 34.4 Å². The van der Waals surface area contributed by atoms with Gasteiger partial charge in [0.15, 0.2) is 17.1 Å². The highest BCUT2D eigenvalue weighted by molar-refractivity contribution is 5.81. The molecule has 12 heteroatoms. The van der Waals surface area contributed by atoms with Gasteiger partial charge >= 0.3 is 12.0 Å². The molecule has 11 nitrogen and oxygen atoms in total. The van der Waals surface area contributed by atoms with Crippen LogP contribution in [0.1, 0.15) is 0 Å². The molecule has 1 unspecified atom stereocenters. The number of nitrogens with zero attached hydrogens (tertiary/aromatic N) is 4. The Morgan fingerprint density at radius 2 is 2.21 bits per heavy atom. The van der Waals surface area contributed by atoms with Gasteiger partial charge in [-0.15, -0.1) is 6.42 Å². The molecule has 2 atom stereocenters. The number of aliphatic hydroxyl groups is 1. The Kier molecular flexibility index (Phi) is 7.80. The lowest BCUT2D eigenvalue weighted by Gasteiger charge is -2.31. The number of aromatic nitrogens is 4. The molecule has 29 heavy (non-hydrogen) atoms. The number of terminal acetylenes is 1. The van der Waals surface area contributed by atoms with Gasteiger partial charge in [-0.1, -0.05) is 5.92 Å². The van der Waals surface area contributed by atoms with Crippen LogP contribution in [0, 0.1) is 18.4 Å². The number of nitrogen functional groups attached to an aromatic ring is 1. The van der Waals surface area contributed by atoms with Crippen LogP contribution in [-0.4, -0.2) is 82.9 Å². The minimum absolute atomic E-state index is 0.0691. The van der Waals surface area contributed by atoms with E-state index in [1.807, 2.05) is 0 Å². The fourth-order valence-electron chi connectivity index (χ4n) is 2.42. The first-order valence-electron chi connectivity index (χ1n) is 8.44. The van der Waals surface area contributed by atoms with Gasteiger partial charge in [-0.25, -0.2) is 9.78 Å². The minimum atomic E-state index is -1.67. The first kappa shape index (κ1) is 22.4. The molecule has 2 aromatic heterocycles. The lowest BCUT2D eigenvalue weighted by molar-refractivity contribution is -0.162. The summed E-state index contributed by atoms with van der Waals surface area (Å²) >= 11 is 0. The van der Waals surface area contributed by atoms with Crippen LogP contribution < -0.4 is 5.73 Å². The second kappa shape index (κ2) is 10.1. The van der Waals surface area contributed by atoms with Crippen LogP contribution in [-0.2, 0) is 30.3 Å². The number of anilines is 1. The molecule has 0 aliphatic carbocycles. The molecule has 2 rings (SSSR count). The molecule has 0 fully saturated rings. The van der Waals surface area contributed by atoms with E-state index in [0.29, 0.717) is 6.61 Å². The summed E-state index contributed by atoms with van der Waals surface area (Å²) in [5, 5.41) is 10.7. The van der Waals surface area contributed by atoms with Gasteiger partial charge in [0.2, 0.25) is 0 Å². The second-order valence-corrected chi connectivity index (χ2v) is 5.91. The average Bonchev–Trinajstić information content (AvgIpc) is 3.09. The lowest BCUT2D eigenvalue weighted by Crippen LogP contribution is -2.49. The van der Waals surface area contributed by atoms with Crippen LogP contribution >= 0.6 is 0 Å². The van der Waals surface area contributed by atoms with Gasteiger partial charge in [-0.05, 0) is 0 Å². The third kappa shape index (κ3) is 5.36. The predicted molar refractivity (Wildman–Crippen MR) is 97.9 cm³/mol. The number of esters is 1. The highest BCUT2D eigenvalue weighted by Gasteiger charge is 2.38. The summed E-state index contributed by atoms with van der Waals surface area (Å²) in [5.74, 6) is 1.47. The van der Waals surface area contributed by atoms with E-state index >= 15 is 0 Å². The van der Waals surface area contributed by atoms with Crippen LogP contribution in [0.25, 0.3) is 11.2 Å². The minimum Gasteiger partial charge on any atom is -0.460 e. The summed E-state index contributed by atoms with van der Waals surface area (Å²) in [6.07, 6.45) is 4.42. The van der Waals surface area contributed by atoms with Crippen molar-refractivity contribution in [2.24, 2.45) is 0 Å². The molecule has 0 radical (unpaired) electrons. The van der Waals surface area contributed by atoms with Gasteiger partial charge in [0.25, 0.3) is 0 Å². The number of hydrogen-bond donors (Lipinski definition) is 2. The number of carbonyl (C=O) groups is 1. The molecule has 2 heterocycles. The third-order valence-electron chi connectivity index (χ3n) is 4.08. The molecule has 0 aliphatic heterocycles. The SMILES string of the molecule is C#CC(COC(=O)COCCOC)(OC)[C@@H](O)Cn1cnc2c(N)nc(F)nc21. The van der Waals surface area contributed by atoms with Crippen molar-refractivity contribution in [1.82, 2.24) is 19.5 Å². The van der Waals surface area contributed by atoms with Crippen LogP contribution in [0.3, 0.4) is 0 Å². The summed E-state index contributed by atoms with van der Waals surface area (Å²) < 4.78 is 35.0. The molecule has 158 valence electrons. The van der Waals surface area contributed by atoms with Crippen molar-refractivity contribution in [2.75, 3.05) is 46.4 Å².